The van der Waals surface area contributed by atoms with Crippen molar-refractivity contribution in [1.29, 1.82) is 0 Å². The van der Waals surface area contributed by atoms with Gasteiger partial charge in [-0.3, -0.25) is 9.79 Å². The van der Waals surface area contributed by atoms with Crippen LogP contribution in [0.1, 0.15) is 73.1 Å². The molecule has 2 nitrogen and oxygen atoms in total. The molecule has 110 valence electrons. The number of rotatable bonds is 4. The molecule has 1 saturated carbocycles. The summed E-state index contributed by atoms with van der Waals surface area (Å²) in [5.41, 5.74) is 1.39. The van der Waals surface area contributed by atoms with E-state index >= 15 is 0 Å². The molecule has 0 bridgehead atoms. The molecule has 0 amide bonds. The molecule has 2 atom stereocenters. The van der Waals surface area contributed by atoms with Crippen molar-refractivity contribution in [1.82, 2.24) is 0 Å². The van der Waals surface area contributed by atoms with E-state index < -0.39 is 0 Å². The predicted octanol–water partition coefficient (Wildman–Crippen LogP) is 4.67. The molecule has 0 aromatic heterocycles. The average molecular weight is 265 g/mol. The Hall–Kier alpha value is -0.660. The van der Waals surface area contributed by atoms with Crippen molar-refractivity contribution in [2.24, 2.45) is 22.7 Å². The van der Waals surface area contributed by atoms with Crippen LogP contribution in [-0.2, 0) is 4.79 Å². The van der Waals surface area contributed by atoms with E-state index in [2.05, 4.69) is 34.6 Å². The molecule has 0 aliphatic heterocycles. The third-order valence-corrected chi connectivity index (χ3v) is 4.01. The standard InChI is InChI=1S/C17H31NO/c1-6-14-10-16(19)8-7-15(9-12(2)3)17(11-14)18-13(4)5/h12-15H,6-11H2,1-5H3/t14-,15?/m0/s1. The fourth-order valence-corrected chi connectivity index (χ4v) is 3.06. The maximum Gasteiger partial charge on any atom is 0.133 e. The van der Waals surface area contributed by atoms with Gasteiger partial charge >= 0.3 is 0 Å². The second-order valence-electron chi connectivity index (χ2n) is 6.80. The van der Waals surface area contributed by atoms with E-state index in [0.717, 1.165) is 32.1 Å². The SMILES string of the molecule is CC[C@H]1CC(=O)CCC(CC(C)C)C(=NC(C)C)C1. The lowest BCUT2D eigenvalue weighted by Gasteiger charge is -2.27. The summed E-state index contributed by atoms with van der Waals surface area (Å²) in [4.78, 5) is 16.8. The zero-order valence-corrected chi connectivity index (χ0v) is 13.4. The monoisotopic (exact) mass is 265 g/mol. The van der Waals surface area contributed by atoms with Crippen molar-refractivity contribution in [3.8, 4) is 0 Å². The maximum atomic E-state index is 11.9. The third kappa shape index (κ3) is 5.88. The summed E-state index contributed by atoms with van der Waals surface area (Å²) < 4.78 is 0. The van der Waals surface area contributed by atoms with E-state index in [0.29, 0.717) is 29.6 Å². The first-order chi connectivity index (χ1) is 8.92. The van der Waals surface area contributed by atoms with Gasteiger partial charge in [0, 0.05) is 24.6 Å². The lowest BCUT2D eigenvalue weighted by molar-refractivity contribution is -0.120. The Labute approximate surface area is 119 Å². The average Bonchev–Trinajstić information content (AvgIpc) is 2.29. The Bertz CT molecular complexity index is 317. The lowest BCUT2D eigenvalue weighted by atomic mass is 9.79. The Kier molecular flexibility index (Phi) is 6.74. The number of aliphatic imine (C=N–C) groups is 1. The number of Topliss-reactive ketones (excluding diaryl/α,β-unsaturated/α-hetero) is 1. The molecule has 0 aromatic rings. The van der Waals surface area contributed by atoms with Crippen LogP contribution in [0.3, 0.4) is 0 Å². The third-order valence-electron chi connectivity index (χ3n) is 4.01. The molecule has 0 aromatic carbocycles. The highest BCUT2D eigenvalue weighted by molar-refractivity contribution is 5.89. The van der Waals surface area contributed by atoms with Crippen LogP contribution in [0.5, 0.6) is 0 Å². The maximum absolute atomic E-state index is 11.9. The van der Waals surface area contributed by atoms with Gasteiger partial charge < -0.3 is 0 Å². The minimum atomic E-state index is 0.372. The van der Waals surface area contributed by atoms with Gasteiger partial charge in [0.05, 0.1) is 0 Å². The van der Waals surface area contributed by atoms with Gasteiger partial charge in [0.1, 0.15) is 5.78 Å². The number of hydrogen-bond acceptors (Lipinski definition) is 2. The molecule has 0 radical (unpaired) electrons. The molecule has 1 unspecified atom stereocenters. The number of hydrogen-bond donors (Lipinski definition) is 0. The summed E-state index contributed by atoms with van der Waals surface area (Å²) in [7, 11) is 0. The molecule has 2 heteroatoms. The van der Waals surface area contributed by atoms with Gasteiger partial charge in [-0.1, -0.05) is 27.2 Å². The van der Waals surface area contributed by atoms with Gasteiger partial charge in [0.2, 0.25) is 0 Å². The van der Waals surface area contributed by atoms with Gasteiger partial charge in [0.15, 0.2) is 0 Å². The van der Waals surface area contributed by atoms with Crippen LogP contribution in [0.4, 0.5) is 0 Å². The zero-order valence-electron chi connectivity index (χ0n) is 13.4. The highest BCUT2D eigenvalue weighted by Gasteiger charge is 2.26. The van der Waals surface area contributed by atoms with Crippen LogP contribution in [0.15, 0.2) is 4.99 Å². The van der Waals surface area contributed by atoms with Crippen LogP contribution in [0, 0.1) is 17.8 Å². The van der Waals surface area contributed by atoms with Crippen molar-refractivity contribution in [3.63, 3.8) is 0 Å². The number of nitrogens with zero attached hydrogens (tertiary/aromatic N) is 1. The second kappa shape index (κ2) is 7.81. The molecular weight excluding hydrogens is 234 g/mol. The molecular formula is C17H31NO. The molecule has 0 N–H and O–H groups in total. The smallest absolute Gasteiger partial charge is 0.133 e. The van der Waals surface area contributed by atoms with Crippen molar-refractivity contribution < 1.29 is 4.79 Å². The first-order valence-corrected chi connectivity index (χ1v) is 8.00. The molecule has 0 spiro atoms. The Morgan fingerprint density at radius 3 is 2.42 bits per heavy atom. The van der Waals surface area contributed by atoms with Crippen LogP contribution < -0.4 is 0 Å². The molecule has 1 aliphatic carbocycles. The summed E-state index contributed by atoms with van der Waals surface area (Å²) in [6.45, 7) is 11.0. The number of ketones is 1. The summed E-state index contributed by atoms with van der Waals surface area (Å²) in [5.74, 6) is 2.18. The first kappa shape index (κ1) is 16.4. The van der Waals surface area contributed by atoms with Crippen molar-refractivity contribution in [2.45, 2.75) is 79.2 Å². The van der Waals surface area contributed by atoms with E-state index in [1.54, 1.807) is 0 Å². The minimum Gasteiger partial charge on any atom is -0.300 e. The van der Waals surface area contributed by atoms with E-state index in [-0.39, 0.29) is 0 Å². The molecule has 1 fully saturated rings. The van der Waals surface area contributed by atoms with Gasteiger partial charge in [-0.05, 0) is 50.9 Å². The Balaban J connectivity index is 2.90. The summed E-state index contributed by atoms with van der Waals surface area (Å²) >= 11 is 0. The van der Waals surface area contributed by atoms with Crippen molar-refractivity contribution in [3.05, 3.63) is 0 Å². The summed E-state index contributed by atoms with van der Waals surface area (Å²) in [6.07, 6.45) is 5.84. The van der Waals surface area contributed by atoms with E-state index in [4.69, 9.17) is 4.99 Å². The molecule has 0 saturated heterocycles. The number of carbonyl (C=O) groups is 1. The fourth-order valence-electron chi connectivity index (χ4n) is 3.06. The predicted molar refractivity (Wildman–Crippen MR) is 82.8 cm³/mol. The van der Waals surface area contributed by atoms with Crippen LogP contribution >= 0.6 is 0 Å². The highest BCUT2D eigenvalue weighted by Crippen LogP contribution is 2.29. The Morgan fingerprint density at radius 1 is 1.21 bits per heavy atom. The molecule has 0 heterocycles. The molecule has 1 aliphatic rings. The topological polar surface area (TPSA) is 29.4 Å². The number of carbonyl (C=O) groups excluding carboxylic acids is 1. The highest BCUT2D eigenvalue weighted by atomic mass is 16.1. The van der Waals surface area contributed by atoms with E-state index in [1.807, 2.05) is 0 Å². The zero-order chi connectivity index (χ0) is 14.4. The van der Waals surface area contributed by atoms with Gasteiger partial charge in [-0.25, -0.2) is 0 Å². The van der Waals surface area contributed by atoms with Gasteiger partial charge in [0.25, 0.3) is 0 Å². The van der Waals surface area contributed by atoms with Crippen molar-refractivity contribution in [2.75, 3.05) is 0 Å². The largest absolute Gasteiger partial charge is 0.300 e. The minimum absolute atomic E-state index is 0.372. The fraction of sp³-hybridized carbons (Fsp3) is 0.882. The van der Waals surface area contributed by atoms with Crippen LogP contribution in [-0.4, -0.2) is 17.5 Å². The Morgan fingerprint density at radius 2 is 1.89 bits per heavy atom. The summed E-state index contributed by atoms with van der Waals surface area (Å²) in [6, 6.07) is 0.372. The second-order valence-corrected chi connectivity index (χ2v) is 6.80. The first-order valence-electron chi connectivity index (χ1n) is 8.00. The van der Waals surface area contributed by atoms with Crippen LogP contribution in [0.25, 0.3) is 0 Å². The quantitative estimate of drug-likeness (QED) is 0.726. The van der Waals surface area contributed by atoms with E-state index in [1.165, 1.54) is 12.1 Å². The van der Waals surface area contributed by atoms with Gasteiger partial charge in [-0.2, -0.15) is 0 Å². The molecule has 19 heavy (non-hydrogen) atoms. The normalized spacial score (nSPS) is 27.9. The van der Waals surface area contributed by atoms with Gasteiger partial charge in [-0.15, -0.1) is 0 Å². The van der Waals surface area contributed by atoms with Crippen molar-refractivity contribution >= 4 is 11.5 Å². The van der Waals surface area contributed by atoms with E-state index in [9.17, 15) is 4.79 Å². The summed E-state index contributed by atoms with van der Waals surface area (Å²) in [5, 5.41) is 0. The lowest BCUT2D eigenvalue weighted by Crippen LogP contribution is -2.26. The van der Waals surface area contributed by atoms with Crippen LogP contribution in [0.2, 0.25) is 0 Å². The molecule has 1 rings (SSSR count).